The molecule has 1 aliphatic heterocycles. The average Bonchev–Trinajstić information content (AvgIpc) is 3.35. The van der Waals surface area contributed by atoms with Crippen LogP contribution >= 0.6 is 11.7 Å². The van der Waals surface area contributed by atoms with E-state index in [-0.39, 0.29) is 5.91 Å². The smallest absolute Gasteiger partial charge is 0.254 e. The van der Waals surface area contributed by atoms with Crippen molar-refractivity contribution in [2.45, 2.75) is 0 Å². The normalized spacial score (nSPS) is 14.8. The van der Waals surface area contributed by atoms with Crippen LogP contribution in [0.1, 0.15) is 10.4 Å². The molecule has 2 aromatic heterocycles. The SMILES string of the molecule is O=C(c1cccc(-n2cccn2)c1)N1CCN(c2cnsn2)CC1. The zero-order valence-corrected chi connectivity index (χ0v) is 13.8. The second-order valence-corrected chi connectivity index (χ2v) is 6.10. The van der Waals surface area contributed by atoms with Crippen molar-refractivity contribution in [1.82, 2.24) is 23.4 Å². The Bertz CT molecular complexity index is 809. The monoisotopic (exact) mass is 340 g/mol. The number of aromatic nitrogens is 4. The van der Waals surface area contributed by atoms with E-state index >= 15 is 0 Å². The van der Waals surface area contributed by atoms with E-state index in [1.165, 1.54) is 11.7 Å². The molecule has 1 amide bonds. The highest BCUT2D eigenvalue weighted by Crippen LogP contribution is 2.16. The summed E-state index contributed by atoms with van der Waals surface area (Å²) in [6, 6.07) is 9.43. The molecule has 0 saturated carbocycles. The van der Waals surface area contributed by atoms with E-state index in [1.54, 1.807) is 17.1 Å². The maximum Gasteiger partial charge on any atom is 0.254 e. The number of hydrogen-bond acceptors (Lipinski definition) is 6. The largest absolute Gasteiger partial charge is 0.351 e. The minimum Gasteiger partial charge on any atom is -0.351 e. The maximum absolute atomic E-state index is 12.8. The number of amides is 1. The zero-order valence-electron chi connectivity index (χ0n) is 12.9. The molecule has 0 unspecified atom stereocenters. The summed E-state index contributed by atoms with van der Waals surface area (Å²) in [4.78, 5) is 16.8. The van der Waals surface area contributed by atoms with Crippen molar-refractivity contribution in [3.63, 3.8) is 0 Å². The van der Waals surface area contributed by atoms with Crippen LogP contribution in [-0.4, -0.2) is 55.5 Å². The Morgan fingerprint density at radius 1 is 1.12 bits per heavy atom. The molecule has 1 aliphatic rings. The number of carbonyl (C=O) groups excluding carboxylic acids is 1. The van der Waals surface area contributed by atoms with E-state index in [4.69, 9.17) is 0 Å². The first-order chi connectivity index (χ1) is 11.8. The molecule has 0 radical (unpaired) electrons. The average molecular weight is 340 g/mol. The van der Waals surface area contributed by atoms with Gasteiger partial charge < -0.3 is 9.80 Å². The van der Waals surface area contributed by atoms with Crippen molar-refractivity contribution in [2.75, 3.05) is 31.1 Å². The van der Waals surface area contributed by atoms with Gasteiger partial charge in [-0.2, -0.15) is 13.8 Å². The molecule has 1 saturated heterocycles. The lowest BCUT2D eigenvalue weighted by Crippen LogP contribution is -2.48. The highest BCUT2D eigenvalue weighted by atomic mass is 32.1. The van der Waals surface area contributed by atoms with Gasteiger partial charge in [0.2, 0.25) is 0 Å². The number of hydrogen-bond donors (Lipinski definition) is 0. The summed E-state index contributed by atoms with van der Waals surface area (Å²) in [6.45, 7) is 2.91. The van der Waals surface area contributed by atoms with Crippen LogP contribution in [0.15, 0.2) is 48.9 Å². The number of rotatable bonds is 3. The third-order valence-corrected chi connectivity index (χ3v) is 4.57. The number of piperazine rings is 1. The van der Waals surface area contributed by atoms with Crippen molar-refractivity contribution in [3.05, 3.63) is 54.5 Å². The molecule has 0 N–H and O–H groups in total. The molecule has 0 spiro atoms. The minimum absolute atomic E-state index is 0.0556. The molecule has 24 heavy (non-hydrogen) atoms. The quantitative estimate of drug-likeness (QED) is 0.726. The fourth-order valence-corrected chi connectivity index (χ4v) is 3.26. The van der Waals surface area contributed by atoms with Gasteiger partial charge in [-0.05, 0) is 24.3 Å². The lowest BCUT2D eigenvalue weighted by atomic mass is 10.1. The van der Waals surface area contributed by atoms with Crippen molar-refractivity contribution in [1.29, 1.82) is 0 Å². The standard InChI is InChI=1S/C16H16N6OS/c23-16(13-3-1-4-14(11-13)22-6-2-5-17-22)21-9-7-20(8-10-21)15-12-18-24-19-15/h1-6,11-12H,7-10H2. The Balaban J connectivity index is 1.46. The summed E-state index contributed by atoms with van der Waals surface area (Å²) < 4.78 is 10.0. The third-order valence-electron chi connectivity index (χ3n) is 4.10. The highest BCUT2D eigenvalue weighted by molar-refractivity contribution is 6.99. The Labute approximate surface area is 143 Å². The van der Waals surface area contributed by atoms with Crippen molar-refractivity contribution in [2.24, 2.45) is 0 Å². The third kappa shape index (κ3) is 2.88. The second-order valence-electron chi connectivity index (χ2n) is 5.55. The number of anilines is 1. The second kappa shape index (κ2) is 6.40. The maximum atomic E-state index is 12.8. The molecule has 0 atom stereocenters. The summed E-state index contributed by atoms with van der Waals surface area (Å²) in [5.41, 5.74) is 1.57. The van der Waals surface area contributed by atoms with Crippen LogP contribution in [0.4, 0.5) is 5.82 Å². The Morgan fingerprint density at radius 2 is 2.00 bits per heavy atom. The lowest BCUT2D eigenvalue weighted by Gasteiger charge is -2.34. The summed E-state index contributed by atoms with van der Waals surface area (Å²) in [7, 11) is 0. The van der Waals surface area contributed by atoms with Gasteiger partial charge >= 0.3 is 0 Å². The molecule has 3 aromatic rings. The van der Waals surface area contributed by atoms with Crippen LogP contribution in [0.2, 0.25) is 0 Å². The van der Waals surface area contributed by atoms with Gasteiger partial charge in [0.25, 0.3) is 5.91 Å². The van der Waals surface area contributed by atoms with Crippen molar-refractivity contribution >= 4 is 23.5 Å². The van der Waals surface area contributed by atoms with Crippen molar-refractivity contribution in [3.8, 4) is 5.69 Å². The molecule has 3 heterocycles. The van der Waals surface area contributed by atoms with Gasteiger partial charge in [0.1, 0.15) is 0 Å². The Hall–Kier alpha value is -2.74. The van der Waals surface area contributed by atoms with Gasteiger partial charge in [0, 0.05) is 44.1 Å². The molecule has 1 fully saturated rings. The summed E-state index contributed by atoms with van der Waals surface area (Å²) in [5, 5.41) is 4.21. The van der Waals surface area contributed by atoms with E-state index in [9.17, 15) is 4.79 Å². The minimum atomic E-state index is 0.0556. The van der Waals surface area contributed by atoms with Gasteiger partial charge in [0.15, 0.2) is 5.82 Å². The van der Waals surface area contributed by atoms with Crippen LogP contribution in [0.5, 0.6) is 0 Å². The number of benzene rings is 1. The first-order valence-corrected chi connectivity index (χ1v) is 8.46. The molecule has 7 nitrogen and oxygen atoms in total. The van der Waals surface area contributed by atoms with Crippen LogP contribution in [0.3, 0.4) is 0 Å². The Morgan fingerprint density at radius 3 is 2.71 bits per heavy atom. The van der Waals surface area contributed by atoms with Crippen LogP contribution < -0.4 is 4.90 Å². The van der Waals surface area contributed by atoms with Crippen LogP contribution in [0, 0.1) is 0 Å². The Kier molecular flexibility index (Phi) is 3.96. The molecule has 0 bridgehead atoms. The van der Waals surface area contributed by atoms with Crippen molar-refractivity contribution < 1.29 is 4.79 Å². The fraction of sp³-hybridized carbons (Fsp3) is 0.250. The molecule has 122 valence electrons. The van der Waals surface area contributed by atoms with Crippen LogP contribution in [0.25, 0.3) is 5.69 Å². The topological polar surface area (TPSA) is 67.2 Å². The van der Waals surface area contributed by atoms with E-state index in [0.717, 1.165) is 24.6 Å². The summed E-state index contributed by atoms with van der Waals surface area (Å²) >= 11 is 1.21. The van der Waals surface area contributed by atoms with Gasteiger partial charge in [0.05, 0.1) is 23.6 Å². The first-order valence-electron chi connectivity index (χ1n) is 7.73. The number of carbonyl (C=O) groups is 1. The predicted molar refractivity (Wildman–Crippen MR) is 91.6 cm³/mol. The summed E-state index contributed by atoms with van der Waals surface area (Å²) in [6.07, 6.45) is 5.36. The molecule has 4 rings (SSSR count). The van der Waals surface area contributed by atoms with Gasteiger partial charge in [-0.15, -0.1) is 0 Å². The molecular weight excluding hydrogens is 324 g/mol. The highest BCUT2D eigenvalue weighted by Gasteiger charge is 2.23. The van der Waals surface area contributed by atoms with E-state index < -0.39 is 0 Å². The first kappa shape index (κ1) is 14.8. The zero-order chi connectivity index (χ0) is 16.4. The van der Waals surface area contributed by atoms with E-state index in [0.29, 0.717) is 18.7 Å². The van der Waals surface area contributed by atoms with Gasteiger partial charge in [-0.25, -0.2) is 4.68 Å². The predicted octanol–water partition coefficient (Wildman–Crippen LogP) is 1.69. The lowest BCUT2D eigenvalue weighted by molar-refractivity contribution is 0.0746. The van der Waals surface area contributed by atoms with E-state index in [2.05, 4.69) is 18.7 Å². The molecular formula is C16H16N6OS. The van der Waals surface area contributed by atoms with E-state index in [1.807, 2.05) is 41.4 Å². The van der Waals surface area contributed by atoms with Crippen LogP contribution in [-0.2, 0) is 0 Å². The summed E-state index contributed by atoms with van der Waals surface area (Å²) in [5.74, 6) is 0.952. The molecule has 8 heteroatoms. The van der Waals surface area contributed by atoms with Gasteiger partial charge in [-0.1, -0.05) is 6.07 Å². The number of nitrogens with zero attached hydrogens (tertiary/aromatic N) is 6. The fourth-order valence-electron chi connectivity index (χ4n) is 2.82. The molecule has 0 aliphatic carbocycles. The van der Waals surface area contributed by atoms with Gasteiger partial charge in [-0.3, -0.25) is 4.79 Å². The molecule has 1 aromatic carbocycles.